The van der Waals surface area contributed by atoms with Gasteiger partial charge in [-0.15, -0.1) is 0 Å². The number of ether oxygens (including phenoxy) is 1. The fourth-order valence-corrected chi connectivity index (χ4v) is 2.43. The number of furan rings is 1. The van der Waals surface area contributed by atoms with Crippen LogP contribution in [0.15, 0.2) is 52.8 Å². The lowest BCUT2D eigenvalue weighted by Crippen LogP contribution is -2.54. The molecule has 1 aromatic carbocycles. The van der Waals surface area contributed by atoms with Crippen LogP contribution in [0, 0.1) is 0 Å². The Morgan fingerprint density at radius 3 is 2.57 bits per heavy atom. The Morgan fingerprint density at radius 1 is 1.22 bits per heavy atom. The molecule has 0 saturated carbocycles. The molecule has 0 aliphatic carbocycles. The van der Waals surface area contributed by atoms with E-state index in [1.165, 1.54) is 23.5 Å². The first kappa shape index (κ1) is 15.0. The summed E-state index contributed by atoms with van der Waals surface area (Å²) in [5.41, 5.74) is 1.14. The molecule has 0 spiro atoms. The zero-order valence-corrected chi connectivity index (χ0v) is 12.9. The number of anilines is 1. The fourth-order valence-electron chi connectivity index (χ4n) is 2.15. The second kappa shape index (κ2) is 6.05. The summed E-state index contributed by atoms with van der Waals surface area (Å²) in [6.45, 7) is 0. The van der Waals surface area contributed by atoms with E-state index in [4.69, 9.17) is 21.4 Å². The third kappa shape index (κ3) is 2.86. The van der Waals surface area contributed by atoms with Crippen molar-refractivity contribution in [3.63, 3.8) is 0 Å². The van der Waals surface area contributed by atoms with Crippen molar-refractivity contribution in [3.05, 3.63) is 54.0 Å². The summed E-state index contributed by atoms with van der Waals surface area (Å²) < 4.78 is 10.0. The van der Waals surface area contributed by atoms with Crippen LogP contribution in [0.1, 0.15) is 5.56 Å². The number of carbonyl (C=O) groups excluding carboxylic acids is 2. The van der Waals surface area contributed by atoms with Crippen molar-refractivity contribution in [2.75, 3.05) is 12.0 Å². The van der Waals surface area contributed by atoms with E-state index in [0.717, 1.165) is 0 Å². The number of benzene rings is 1. The number of methoxy groups -OCH3 is 1. The van der Waals surface area contributed by atoms with Gasteiger partial charge in [-0.3, -0.25) is 19.8 Å². The monoisotopic (exact) mass is 328 g/mol. The van der Waals surface area contributed by atoms with Crippen molar-refractivity contribution >= 4 is 40.9 Å². The highest BCUT2D eigenvalue weighted by Crippen LogP contribution is 2.24. The van der Waals surface area contributed by atoms with Gasteiger partial charge in [-0.25, -0.2) is 0 Å². The van der Waals surface area contributed by atoms with Crippen LogP contribution in [0.25, 0.3) is 6.08 Å². The van der Waals surface area contributed by atoms with Crippen LogP contribution in [-0.4, -0.2) is 24.0 Å². The van der Waals surface area contributed by atoms with Gasteiger partial charge in [-0.05, 0) is 48.6 Å². The van der Waals surface area contributed by atoms with Gasteiger partial charge < -0.3 is 9.15 Å². The van der Waals surface area contributed by atoms with E-state index in [1.54, 1.807) is 37.4 Å². The Labute approximate surface area is 137 Å². The normalized spacial score (nSPS) is 16.7. The van der Waals surface area contributed by atoms with Crippen molar-refractivity contribution in [1.82, 2.24) is 5.32 Å². The van der Waals surface area contributed by atoms with Gasteiger partial charge in [0.15, 0.2) is 5.11 Å². The van der Waals surface area contributed by atoms with E-state index in [0.29, 0.717) is 17.0 Å². The summed E-state index contributed by atoms with van der Waals surface area (Å²) in [4.78, 5) is 26.0. The molecule has 116 valence electrons. The maximum absolute atomic E-state index is 12.7. The minimum absolute atomic E-state index is 0.0178. The second-order valence-electron chi connectivity index (χ2n) is 4.71. The van der Waals surface area contributed by atoms with Crippen molar-refractivity contribution < 1.29 is 18.7 Å². The number of hydrogen-bond acceptors (Lipinski definition) is 5. The number of amides is 2. The molecule has 2 amide bonds. The van der Waals surface area contributed by atoms with Crippen LogP contribution in [-0.2, 0) is 9.59 Å². The molecule has 0 bridgehead atoms. The smallest absolute Gasteiger partial charge is 0.270 e. The highest BCUT2D eigenvalue weighted by molar-refractivity contribution is 7.80. The molecule has 1 aromatic heterocycles. The molecule has 1 aliphatic rings. The van der Waals surface area contributed by atoms with Crippen LogP contribution < -0.4 is 15.0 Å². The summed E-state index contributed by atoms with van der Waals surface area (Å²) >= 11 is 5.12. The summed E-state index contributed by atoms with van der Waals surface area (Å²) in [5, 5.41) is 2.55. The van der Waals surface area contributed by atoms with E-state index in [1.807, 2.05) is 0 Å². The highest BCUT2D eigenvalue weighted by Gasteiger charge is 2.34. The molecule has 1 N–H and O–H groups in total. The maximum atomic E-state index is 12.7. The van der Waals surface area contributed by atoms with E-state index in [-0.39, 0.29) is 10.7 Å². The van der Waals surface area contributed by atoms with Crippen LogP contribution in [0.2, 0.25) is 0 Å². The van der Waals surface area contributed by atoms with Crippen molar-refractivity contribution in [1.29, 1.82) is 0 Å². The van der Waals surface area contributed by atoms with Crippen LogP contribution in [0.3, 0.4) is 0 Å². The minimum Gasteiger partial charge on any atom is -0.497 e. The molecule has 23 heavy (non-hydrogen) atoms. The summed E-state index contributed by atoms with van der Waals surface area (Å²) in [6.07, 6.45) is 4.36. The predicted octanol–water partition coefficient (Wildman–Crippen LogP) is 2.12. The van der Waals surface area contributed by atoms with Gasteiger partial charge >= 0.3 is 0 Å². The molecule has 2 heterocycles. The SMILES string of the molecule is COc1ccc(N2C(=O)C(=Cc3ccoc3)C(=O)NC2=S)cc1. The van der Waals surface area contributed by atoms with Crippen LogP contribution in [0.5, 0.6) is 5.75 Å². The van der Waals surface area contributed by atoms with E-state index < -0.39 is 11.8 Å². The predicted molar refractivity (Wildman–Crippen MR) is 87.9 cm³/mol. The summed E-state index contributed by atoms with van der Waals surface area (Å²) in [5.74, 6) is -0.376. The molecular weight excluding hydrogens is 316 g/mol. The van der Waals surface area contributed by atoms with Crippen molar-refractivity contribution in [2.24, 2.45) is 0 Å². The molecule has 1 saturated heterocycles. The molecule has 0 radical (unpaired) electrons. The number of thiocarbonyl (C=S) groups is 1. The lowest BCUT2D eigenvalue weighted by atomic mass is 10.1. The summed E-state index contributed by atoms with van der Waals surface area (Å²) in [7, 11) is 1.55. The van der Waals surface area contributed by atoms with Crippen molar-refractivity contribution in [2.45, 2.75) is 0 Å². The topological polar surface area (TPSA) is 71.8 Å². The standard InChI is InChI=1S/C16H12N2O4S/c1-21-12-4-2-11(3-5-12)18-15(20)13(14(19)17-16(18)23)8-10-6-7-22-9-10/h2-9H,1H3,(H,17,19,23). The first-order valence-electron chi connectivity index (χ1n) is 6.68. The van der Waals surface area contributed by atoms with Crippen LogP contribution in [0.4, 0.5) is 5.69 Å². The van der Waals surface area contributed by atoms with Gasteiger partial charge in [-0.2, -0.15) is 0 Å². The first-order chi connectivity index (χ1) is 11.1. The molecule has 3 rings (SSSR count). The van der Waals surface area contributed by atoms with E-state index >= 15 is 0 Å². The fraction of sp³-hybridized carbons (Fsp3) is 0.0625. The number of hydrogen-bond donors (Lipinski definition) is 1. The molecule has 7 heteroatoms. The third-order valence-corrected chi connectivity index (χ3v) is 3.57. The van der Waals surface area contributed by atoms with Gasteiger partial charge in [0.2, 0.25) is 0 Å². The van der Waals surface area contributed by atoms with Gasteiger partial charge in [0.05, 0.1) is 25.3 Å². The number of rotatable bonds is 3. The Bertz CT molecular complexity index is 794. The van der Waals surface area contributed by atoms with Gasteiger partial charge in [0.1, 0.15) is 11.3 Å². The van der Waals surface area contributed by atoms with Crippen LogP contribution >= 0.6 is 12.2 Å². The summed E-state index contributed by atoms with van der Waals surface area (Å²) in [6, 6.07) is 8.45. The minimum atomic E-state index is -0.536. The highest BCUT2D eigenvalue weighted by atomic mass is 32.1. The number of nitrogens with zero attached hydrogens (tertiary/aromatic N) is 1. The van der Waals surface area contributed by atoms with Crippen molar-refractivity contribution in [3.8, 4) is 5.75 Å². The average Bonchev–Trinajstić information content (AvgIpc) is 3.05. The second-order valence-corrected chi connectivity index (χ2v) is 5.10. The largest absolute Gasteiger partial charge is 0.497 e. The van der Waals surface area contributed by atoms with Gasteiger partial charge in [0, 0.05) is 5.56 Å². The Kier molecular flexibility index (Phi) is 3.94. The zero-order valence-electron chi connectivity index (χ0n) is 12.1. The zero-order chi connectivity index (χ0) is 16.4. The molecule has 2 aromatic rings. The Balaban J connectivity index is 1.98. The van der Waals surface area contributed by atoms with E-state index in [2.05, 4.69) is 5.32 Å². The number of carbonyl (C=O) groups is 2. The molecule has 0 unspecified atom stereocenters. The van der Waals surface area contributed by atoms with Gasteiger partial charge in [0.25, 0.3) is 11.8 Å². The van der Waals surface area contributed by atoms with Gasteiger partial charge in [-0.1, -0.05) is 0 Å². The quantitative estimate of drug-likeness (QED) is 0.531. The maximum Gasteiger partial charge on any atom is 0.270 e. The lowest BCUT2D eigenvalue weighted by Gasteiger charge is -2.28. The molecule has 1 aliphatic heterocycles. The van der Waals surface area contributed by atoms with E-state index in [9.17, 15) is 9.59 Å². The Morgan fingerprint density at radius 2 is 1.96 bits per heavy atom. The molecule has 6 nitrogen and oxygen atoms in total. The number of nitrogens with one attached hydrogen (secondary N) is 1. The average molecular weight is 328 g/mol. The third-order valence-electron chi connectivity index (χ3n) is 3.29. The lowest BCUT2D eigenvalue weighted by molar-refractivity contribution is -0.122. The molecule has 0 atom stereocenters. The molecule has 1 fully saturated rings. The first-order valence-corrected chi connectivity index (χ1v) is 7.08. The Hall–Kier alpha value is -2.93. The molecular formula is C16H12N2O4S.